The van der Waals surface area contributed by atoms with Crippen LogP contribution in [0.3, 0.4) is 0 Å². The summed E-state index contributed by atoms with van der Waals surface area (Å²) in [5, 5.41) is 20.3. The van der Waals surface area contributed by atoms with Gasteiger partial charge in [-0.1, -0.05) is 22.0 Å². The zero-order valence-electron chi connectivity index (χ0n) is 12.9. The maximum atomic E-state index is 10.8. The van der Waals surface area contributed by atoms with Crippen molar-refractivity contribution in [3.63, 3.8) is 0 Å². The van der Waals surface area contributed by atoms with Crippen LogP contribution in [0.1, 0.15) is 44.9 Å². The third kappa shape index (κ3) is 4.30. The number of halogens is 1. The van der Waals surface area contributed by atoms with Crippen LogP contribution >= 0.6 is 15.9 Å². The number of ether oxygens (including phenoxy) is 1. The normalized spacial score (nSPS) is 36.6. The van der Waals surface area contributed by atoms with Gasteiger partial charge in [0.05, 0.1) is 12.2 Å². The van der Waals surface area contributed by atoms with Crippen molar-refractivity contribution >= 4 is 15.9 Å². The topological polar surface area (TPSA) is 76.2 Å². The summed E-state index contributed by atoms with van der Waals surface area (Å²) in [5.74, 6) is 0.605. The van der Waals surface area contributed by atoms with E-state index in [-0.39, 0.29) is 16.9 Å². The van der Waals surface area contributed by atoms with Gasteiger partial charge < -0.3 is 4.74 Å². The molecule has 3 atom stereocenters. The lowest BCUT2D eigenvalue weighted by atomic mass is 9.79. The lowest BCUT2D eigenvalue weighted by Gasteiger charge is -2.31. The molecule has 0 saturated heterocycles. The van der Waals surface area contributed by atoms with Crippen LogP contribution in [0.2, 0.25) is 0 Å². The molecule has 0 unspecified atom stereocenters. The molecule has 22 heavy (non-hydrogen) atoms. The van der Waals surface area contributed by atoms with E-state index >= 15 is 0 Å². The Hall–Kier alpha value is -0.930. The predicted octanol–water partition coefficient (Wildman–Crippen LogP) is 3.85. The third-order valence-electron chi connectivity index (χ3n) is 5.04. The van der Waals surface area contributed by atoms with E-state index in [9.17, 15) is 15.4 Å². The van der Waals surface area contributed by atoms with Crippen LogP contribution in [-0.4, -0.2) is 29.0 Å². The molecule has 0 aliphatic heterocycles. The van der Waals surface area contributed by atoms with E-state index in [1.807, 2.05) is 0 Å². The maximum Gasteiger partial charge on any atom is 0.213 e. The van der Waals surface area contributed by atoms with Gasteiger partial charge in [0.1, 0.15) is 0 Å². The van der Waals surface area contributed by atoms with E-state index in [2.05, 4.69) is 28.1 Å². The van der Waals surface area contributed by atoms with Gasteiger partial charge in [0, 0.05) is 35.3 Å². The van der Waals surface area contributed by atoms with Crippen molar-refractivity contribution < 1.29 is 9.66 Å². The maximum absolute atomic E-state index is 10.8. The predicted molar refractivity (Wildman–Crippen MR) is 87.3 cm³/mol. The number of hydrogen-bond acceptors (Lipinski definition) is 4. The Morgan fingerprint density at radius 1 is 1.32 bits per heavy atom. The molecule has 6 heteroatoms. The Bertz CT molecular complexity index is 467. The minimum absolute atomic E-state index is 0.173. The van der Waals surface area contributed by atoms with Gasteiger partial charge in [-0.2, -0.15) is 5.26 Å². The minimum atomic E-state index is -0.416. The van der Waals surface area contributed by atoms with Gasteiger partial charge in [0.25, 0.3) is 0 Å². The van der Waals surface area contributed by atoms with Crippen LogP contribution in [-0.2, 0) is 4.74 Å². The summed E-state index contributed by atoms with van der Waals surface area (Å²) in [5.41, 5.74) is 0.836. The van der Waals surface area contributed by atoms with Gasteiger partial charge >= 0.3 is 0 Å². The molecule has 0 aromatic carbocycles. The first-order valence-corrected chi connectivity index (χ1v) is 8.88. The Morgan fingerprint density at radius 2 is 2.00 bits per heavy atom. The van der Waals surface area contributed by atoms with Crippen LogP contribution in [0.25, 0.3) is 0 Å². The highest BCUT2D eigenvalue weighted by Gasteiger charge is 2.32. The number of alkyl halides is 1. The van der Waals surface area contributed by atoms with E-state index < -0.39 is 6.04 Å². The Labute approximate surface area is 140 Å². The van der Waals surface area contributed by atoms with E-state index in [0.29, 0.717) is 23.6 Å². The Balaban J connectivity index is 1.95. The number of nitrogens with zero attached hydrogens (tertiary/aromatic N) is 2. The van der Waals surface area contributed by atoms with E-state index in [1.54, 1.807) is 7.11 Å². The molecule has 0 amide bonds. The number of allylic oxidation sites excluding steroid dienone is 2. The van der Waals surface area contributed by atoms with Crippen LogP contribution in [0.5, 0.6) is 0 Å². The second-order valence-corrected chi connectivity index (χ2v) is 7.56. The number of hydrogen-bond donors (Lipinski definition) is 0. The van der Waals surface area contributed by atoms with Crippen LogP contribution in [0.15, 0.2) is 11.6 Å². The molecule has 0 aromatic rings. The van der Waals surface area contributed by atoms with Crippen molar-refractivity contribution in [2.24, 2.45) is 11.8 Å². The van der Waals surface area contributed by atoms with Crippen molar-refractivity contribution in [3.05, 3.63) is 21.8 Å². The van der Waals surface area contributed by atoms with E-state index in [4.69, 9.17) is 4.74 Å². The molecule has 2 aliphatic carbocycles. The highest BCUT2D eigenvalue weighted by Crippen LogP contribution is 2.36. The van der Waals surface area contributed by atoms with Crippen molar-refractivity contribution in [1.29, 1.82) is 5.26 Å². The highest BCUT2D eigenvalue weighted by atomic mass is 79.9. The summed E-state index contributed by atoms with van der Waals surface area (Å²) in [4.78, 5) is 11.0. The molecule has 0 aromatic heterocycles. The third-order valence-corrected chi connectivity index (χ3v) is 6.00. The molecule has 0 N–H and O–H groups in total. The smallest absolute Gasteiger partial charge is 0.213 e. The summed E-state index contributed by atoms with van der Waals surface area (Å²) in [7, 11) is 1.74. The average Bonchev–Trinajstić information content (AvgIpc) is 2.53. The van der Waals surface area contributed by atoms with Crippen molar-refractivity contribution in [2.45, 2.75) is 61.9 Å². The monoisotopic (exact) mass is 370 g/mol. The molecular formula is C16H23BrN2O3. The number of nitriles is 1. The molecule has 2 fully saturated rings. The largest absolute Gasteiger partial charge is 0.380 e. The number of rotatable bonds is 4. The molecule has 0 heterocycles. The summed E-state index contributed by atoms with van der Waals surface area (Å²) in [6.07, 6.45) is 8.10. The van der Waals surface area contributed by atoms with Crippen LogP contribution in [0, 0.1) is 33.3 Å². The summed E-state index contributed by atoms with van der Waals surface area (Å²) >= 11 is 3.67. The highest BCUT2D eigenvalue weighted by molar-refractivity contribution is 9.09. The average molecular weight is 371 g/mol. The molecule has 0 radical (unpaired) electrons. The minimum Gasteiger partial charge on any atom is -0.380 e. The first kappa shape index (κ1) is 17.4. The second kappa shape index (κ2) is 8.07. The second-order valence-electron chi connectivity index (χ2n) is 6.39. The number of methoxy groups -OCH3 is 1. The fraction of sp³-hybridized carbons (Fsp3) is 0.812. The summed E-state index contributed by atoms with van der Waals surface area (Å²) < 4.78 is 5.44. The van der Waals surface area contributed by atoms with Gasteiger partial charge in [-0.05, 0) is 43.9 Å². The zero-order chi connectivity index (χ0) is 16.1. The van der Waals surface area contributed by atoms with E-state index in [1.165, 1.54) is 0 Å². The van der Waals surface area contributed by atoms with Crippen LogP contribution in [0.4, 0.5) is 0 Å². The summed E-state index contributed by atoms with van der Waals surface area (Å²) in [6.45, 7) is 0. The van der Waals surface area contributed by atoms with Gasteiger partial charge in [0.2, 0.25) is 6.04 Å². The molecule has 2 saturated carbocycles. The fourth-order valence-corrected chi connectivity index (χ4v) is 4.61. The molecule has 2 aliphatic rings. The fourth-order valence-electron chi connectivity index (χ4n) is 3.65. The SMILES string of the molecule is CO[C@@H]1CC[C@H](/C=C(\C#N)C2CCC([N+](=O)[O-])CC2)C[C@@H]1Br. The lowest BCUT2D eigenvalue weighted by molar-refractivity contribution is -0.526. The molecule has 0 spiro atoms. The standard InChI is InChI=1S/C16H23BrN2O3/c1-22-16-7-2-11(9-15(16)17)8-13(10-18)12-3-5-14(6-4-12)19(20)21/h8,11-12,14-16H,2-7,9H2,1H3/b13-8+/t11-,12?,14?,15+,16-/m1/s1. The van der Waals surface area contributed by atoms with E-state index in [0.717, 1.165) is 37.7 Å². The number of nitro groups is 1. The Morgan fingerprint density at radius 3 is 2.50 bits per heavy atom. The molecule has 5 nitrogen and oxygen atoms in total. The molecule has 2 rings (SSSR count). The van der Waals surface area contributed by atoms with Gasteiger partial charge in [-0.3, -0.25) is 10.1 Å². The van der Waals surface area contributed by atoms with Crippen LogP contribution < -0.4 is 0 Å². The van der Waals surface area contributed by atoms with Crippen molar-refractivity contribution in [1.82, 2.24) is 0 Å². The molecule has 122 valence electrons. The first-order chi connectivity index (χ1) is 10.5. The first-order valence-electron chi connectivity index (χ1n) is 7.97. The van der Waals surface area contributed by atoms with Crippen molar-refractivity contribution in [2.75, 3.05) is 7.11 Å². The van der Waals surface area contributed by atoms with Crippen molar-refractivity contribution in [3.8, 4) is 6.07 Å². The Kier molecular flexibility index (Phi) is 6.39. The summed E-state index contributed by atoms with van der Waals surface area (Å²) in [6, 6.07) is 1.93. The molecule has 0 bridgehead atoms. The lowest BCUT2D eigenvalue weighted by Crippen LogP contribution is -2.31. The van der Waals surface area contributed by atoms with Gasteiger partial charge in [0.15, 0.2) is 0 Å². The molecular weight excluding hydrogens is 348 g/mol. The quantitative estimate of drug-likeness (QED) is 0.326. The van der Waals surface area contributed by atoms with Gasteiger partial charge in [-0.15, -0.1) is 0 Å². The zero-order valence-corrected chi connectivity index (χ0v) is 14.5. The van der Waals surface area contributed by atoms with Gasteiger partial charge in [-0.25, -0.2) is 0 Å².